The van der Waals surface area contributed by atoms with E-state index in [2.05, 4.69) is 32.1 Å². The van der Waals surface area contributed by atoms with Crippen LogP contribution < -0.4 is 0 Å². The van der Waals surface area contributed by atoms with Crippen LogP contribution in [0, 0.1) is 0 Å². The topological polar surface area (TPSA) is 9.23 Å². The highest BCUT2D eigenvalue weighted by molar-refractivity contribution is 5.23. The van der Waals surface area contributed by atoms with Crippen LogP contribution >= 0.6 is 0 Å². The quantitative estimate of drug-likeness (QED) is 0.540. The van der Waals surface area contributed by atoms with E-state index in [-0.39, 0.29) is 5.60 Å². The molecule has 1 atom stereocenters. The first kappa shape index (κ1) is 7.55. The van der Waals surface area contributed by atoms with Crippen molar-refractivity contribution in [2.24, 2.45) is 0 Å². The monoisotopic (exact) mass is 138 g/mol. The summed E-state index contributed by atoms with van der Waals surface area (Å²) in [4.78, 5) is 0. The van der Waals surface area contributed by atoms with Gasteiger partial charge in [-0.3, -0.25) is 0 Å². The fourth-order valence-electron chi connectivity index (χ4n) is 1.23. The van der Waals surface area contributed by atoms with E-state index in [0.29, 0.717) is 0 Å². The molecule has 0 N–H and O–H groups in total. The average molecular weight is 138 g/mol. The van der Waals surface area contributed by atoms with Gasteiger partial charge in [0, 0.05) is 13.5 Å². The second-order valence-corrected chi connectivity index (χ2v) is 3.07. The molecule has 0 fully saturated rings. The molecule has 0 aromatic carbocycles. The molecule has 1 unspecified atom stereocenters. The summed E-state index contributed by atoms with van der Waals surface area (Å²) < 4.78 is 5.32. The third-order valence-corrected chi connectivity index (χ3v) is 1.93. The maximum Gasteiger partial charge on any atom is 0.0870 e. The summed E-state index contributed by atoms with van der Waals surface area (Å²) in [5, 5.41) is 0. The van der Waals surface area contributed by atoms with Crippen molar-refractivity contribution in [3.05, 3.63) is 23.8 Å². The molecule has 0 aliphatic heterocycles. The van der Waals surface area contributed by atoms with Gasteiger partial charge >= 0.3 is 0 Å². The second-order valence-electron chi connectivity index (χ2n) is 3.07. The van der Waals surface area contributed by atoms with Crippen LogP contribution in [0.25, 0.3) is 0 Å². The van der Waals surface area contributed by atoms with E-state index in [1.807, 2.05) is 0 Å². The van der Waals surface area contributed by atoms with Crippen LogP contribution in [0.4, 0.5) is 0 Å². The van der Waals surface area contributed by atoms with Gasteiger partial charge in [-0.25, -0.2) is 0 Å². The molecule has 0 bridgehead atoms. The minimum atomic E-state index is -0.0567. The molecular weight excluding hydrogens is 124 g/mol. The van der Waals surface area contributed by atoms with Crippen LogP contribution in [0.1, 0.15) is 20.3 Å². The smallest absolute Gasteiger partial charge is 0.0870 e. The molecule has 1 nitrogen and oxygen atoms in total. The van der Waals surface area contributed by atoms with Crippen LogP contribution in [0.5, 0.6) is 0 Å². The Balaban J connectivity index is 2.71. The highest BCUT2D eigenvalue weighted by Crippen LogP contribution is 2.24. The van der Waals surface area contributed by atoms with Crippen LogP contribution in [0.2, 0.25) is 0 Å². The number of ether oxygens (including phenoxy) is 1. The van der Waals surface area contributed by atoms with Crippen molar-refractivity contribution in [3.63, 3.8) is 0 Å². The van der Waals surface area contributed by atoms with Gasteiger partial charge in [-0.2, -0.15) is 0 Å². The highest BCUT2D eigenvalue weighted by Gasteiger charge is 2.21. The molecule has 0 aromatic rings. The Morgan fingerprint density at radius 1 is 1.60 bits per heavy atom. The number of methoxy groups -OCH3 is 1. The average Bonchev–Trinajstić information content (AvgIpc) is 1.88. The Kier molecular flexibility index (Phi) is 1.95. The standard InChI is InChI=1S/C9H14O/c1-8-5-4-6-9(2,7-8)10-3/h4-6H,7H2,1-3H3. The Hall–Kier alpha value is -0.560. The summed E-state index contributed by atoms with van der Waals surface area (Å²) in [5.74, 6) is 0. The predicted molar refractivity (Wildman–Crippen MR) is 42.9 cm³/mol. The van der Waals surface area contributed by atoms with E-state index in [1.54, 1.807) is 7.11 Å². The highest BCUT2D eigenvalue weighted by atomic mass is 16.5. The summed E-state index contributed by atoms with van der Waals surface area (Å²) in [6.07, 6.45) is 7.29. The Labute approximate surface area is 62.4 Å². The predicted octanol–water partition coefficient (Wildman–Crippen LogP) is 2.30. The SMILES string of the molecule is COC1(C)C=CC=C(C)C1. The van der Waals surface area contributed by atoms with Crippen LogP contribution in [-0.4, -0.2) is 12.7 Å². The van der Waals surface area contributed by atoms with Crippen molar-refractivity contribution in [1.29, 1.82) is 0 Å². The first-order chi connectivity index (χ1) is 4.66. The molecule has 0 amide bonds. The molecule has 0 spiro atoms. The van der Waals surface area contributed by atoms with Gasteiger partial charge < -0.3 is 4.74 Å². The molecule has 1 aliphatic carbocycles. The Morgan fingerprint density at radius 2 is 2.30 bits per heavy atom. The van der Waals surface area contributed by atoms with Crippen molar-refractivity contribution in [3.8, 4) is 0 Å². The maximum absolute atomic E-state index is 5.32. The largest absolute Gasteiger partial charge is 0.374 e. The lowest BCUT2D eigenvalue weighted by Gasteiger charge is -2.26. The van der Waals surface area contributed by atoms with Gasteiger partial charge in [0.05, 0.1) is 5.60 Å². The van der Waals surface area contributed by atoms with Crippen molar-refractivity contribution in [1.82, 2.24) is 0 Å². The van der Waals surface area contributed by atoms with Gasteiger partial charge in [-0.15, -0.1) is 0 Å². The first-order valence-electron chi connectivity index (χ1n) is 3.56. The van der Waals surface area contributed by atoms with Crippen LogP contribution in [0.3, 0.4) is 0 Å². The summed E-state index contributed by atoms with van der Waals surface area (Å²) in [7, 11) is 1.75. The van der Waals surface area contributed by atoms with Crippen LogP contribution in [-0.2, 0) is 4.74 Å². The summed E-state index contributed by atoms with van der Waals surface area (Å²) in [5.41, 5.74) is 1.32. The Morgan fingerprint density at radius 3 is 2.70 bits per heavy atom. The zero-order chi connectivity index (χ0) is 7.61. The van der Waals surface area contributed by atoms with Gasteiger partial charge in [0.2, 0.25) is 0 Å². The lowest BCUT2D eigenvalue weighted by molar-refractivity contribution is 0.0481. The number of rotatable bonds is 1. The molecule has 0 saturated heterocycles. The molecule has 1 rings (SSSR count). The molecule has 0 aromatic heterocycles. The van der Waals surface area contributed by atoms with E-state index >= 15 is 0 Å². The minimum Gasteiger partial charge on any atom is -0.374 e. The molecule has 0 heterocycles. The van der Waals surface area contributed by atoms with Gasteiger partial charge in [0.15, 0.2) is 0 Å². The fraction of sp³-hybridized carbons (Fsp3) is 0.556. The van der Waals surface area contributed by atoms with Crippen molar-refractivity contribution in [2.75, 3.05) is 7.11 Å². The molecule has 56 valence electrons. The van der Waals surface area contributed by atoms with E-state index < -0.39 is 0 Å². The molecule has 10 heavy (non-hydrogen) atoms. The summed E-state index contributed by atoms with van der Waals surface area (Å²) in [6, 6.07) is 0. The Bertz CT molecular complexity index is 179. The fourth-order valence-corrected chi connectivity index (χ4v) is 1.23. The summed E-state index contributed by atoms with van der Waals surface area (Å²) in [6.45, 7) is 4.22. The number of hydrogen-bond donors (Lipinski definition) is 0. The van der Waals surface area contributed by atoms with E-state index in [0.717, 1.165) is 6.42 Å². The number of hydrogen-bond acceptors (Lipinski definition) is 1. The first-order valence-corrected chi connectivity index (χ1v) is 3.56. The molecular formula is C9H14O. The lowest BCUT2D eigenvalue weighted by atomic mass is 9.92. The third-order valence-electron chi connectivity index (χ3n) is 1.93. The molecule has 0 saturated carbocycles. The zero-order valence-corrected chi connectivity index (χ0v) is 6.85. The molecule has 1 heteroatoms. The summed E-state index contributed by atoms with van der Waals surface area (Å²) >= 11 is 0. The van der Waals surface area contributed by atoms with Gasteiger partial charge in [-0.05, 0) is 13.8 Å². The zero-order valence-electron chi connectivity index (χ0n) is 6.85. The van der Waals surface area contributed by atoms with E-state index in [4.69, 9.17) is 4.74 Å². The van der Waals surface area contributed by atoms with Gasteiger partial charge in [0.1, 0.15) is 0 Å². The molecule has 0 radical (unpaired) electrons. The van der Waals surface area contributed by atoms with Crippen molar-refractivity contribution in [2.45, 2.75) is 25.9 Å². The number of allylic oxidation sites excluding steroid dienone is 2. The third kappa shape index (κ3) is 1.48. The molecule has 1 aliphatic rings. The van der Waals surface area contributed by atoms with E-state index in [9.17, 15) is 0 Å². The maximum atomic E-state index is 5.32. The van der Waals surface area contributed by atoms with Gasteiger partial charge in [-0.1, -0.05) is 23.8 Å². The van der Waals surface area contributed by atoms with Crippen molar-refractivity contribution < 1.29 is 4.74 Å². The van der Waals surface area contributed by atoms with Crippen molar-refractivity contribution >= 4 is 0 Å². The normalized spacial score (nSPS) is 32.1. The minimum absolute atomic E-state index is 0.0567. The van der Waals surface area contributed by atoms with E-state index in [1.165, 1.54) is 5.57 Å². The van der Waals surface area contributed by atoms with Gasteiger partial charge in [0.25, 0.3) is 0 Å². The lowest BCUT2D eigenvalue weighted by Crippen LogP contribution is -2.25. The second kappa shape index (κ2) is 2.59. The van der Waals surface area contributed by atoms with Crippen LogP contribution in [0.15, 0.2) is 23.8 Å².